The molecule has 6 heteroatoms. The van der Waals surface area contributed by atoms with E-state index in [4.69, 9.17) is 4.74 Å². The average Bonchev–Trinajstić information content (AvgIpc) is 2.91. The third-order valence-corrected chi connectivity index (χ3v) is 4.19. The summed E-state index contributed by atoms with van der Waals surface area (Å²) in [5.41, 5.74) is 0.826. The van der Waals surface area contributed by atoms with Gasteiger partial charge in [-0.3, -0.25) is 9.59 Å². The minimum absolute atomic E-state index is 0.0588. The van der Waals surface area contributed by atoms with E-state index >= 15 is 0 Å². The molecular formula is C21H19NO5. The fraction of sp³-hybridized carbons (Fsp3) is 0.190. The van der Waals surface area contributed by atoms with Crippen LogP contribution in [-0.4, -0.2) is 29.5 Å². The zero-order valence-electron chi connectivity index (χ0n) is 14.8. The van der Waals surface area contributed by atoms with E-state index < -0.39 is 23.5 Å². The first-order chi connectivity index (χ1) is 13.0. The van der Waals surface area contributed by atoms with Crippen LogP contribution in [0, 0.1) is 0 Å². The molecule has 0 saturated carbocycles. The van der Waals surface area contributed by atoms with E-state index in [1.54, 1.807) is 42.5 Å². The maximum atomic E-state index is 12.8. The number of amides is 2. The van der Waals surface area contributed by atoms with Crippen LogP contribution in [0.5, 0.6) is 0 Å². The van der Waals surface area contributed by atoms with Crippen molar-refractivity contribution in [2.45, 2.75) is 19.8 Å². The summed E-state index contributed by atoms with van der Waals surface area (Å²) in [4.78, 5) is 38.3. The van der Waals surface area contributed by atoms with E-state index in [9.17, 15) is 19.5 Å². The third-order valence-electron chi connectivity index (χ3n) is 4.19. The molecule has 0 atom stereocenters. The van der Waals surface area contributed by atoms with Crippen LogP contribution in [0.4, 0.5) is 5.69 Å². The number of benzene rings is 2. The lowest BCUT2D eigenvalue weighted by atomic mass is 10.1. The SMILES string of the molecule is CCCCOC(=O)c1cccc(N2C(=O)C(O)=C(c3ccccc3)C2=O)c1. The molecule has 0 aromatic heterocycles. The number of nitrogens with zero attached hydrogens (tertiary/aromatic N) is 1. The topological polar surface area (TPSA) is 83.9 Å². The Morgan fingerprint density at radius 2 is 1.78 bits per heavy atom. The van der Waals surface area contributed by atoms with Gasteiger partial charge in [0.2, 0.25) is 0 Å². The van der Waals surface area contributed by atoms with Crippen molar-refractivity contribution in [1.29, 1.82) is 0 Å². The number of hydrogen-bond donors (Lipinski definition) is 1. The van der Waals surface area contributed by atoms with Crippen molar-refractivity contribution in [3.63, 3.8) is 0 Å². The van der Waals surface area contributed by atoms with Crippen LogP contribution in [0.2, 0.25) is 0 Å². The molecule has 2 amide bonds. The molecule has 0 radical (unpaired) electrons. The van der Waals surface area contributed by atoms with Gasteiger partial charge in [-0.1, -0.05) is 49.7 Å². The molecule has 3 rings (SSSR count). The van der Waals surface area contributed by atoms with Crippen molar-refractivity contribution >= 4 is 29.0 Å². The Balaban J connectivity index is 1.88. The molecule has 2 aromatic rings. The second-order valence-corrected chi connectivity index (χ2v) is 6.08. The summed E-state index contributed by atoms with van der Waals surface area (Å²) in [5.74, 6) is -2.59. The Hall–Kier alpha value is -3.41. The van der Waals surface area contributed by atoms with Gasteiger partial charge in [-0.15, -0.1) is 0 Å². The molecule has 0 unspecified atom stereocenters. The Labute approximate surface area is 156 Å². The molecule has 0 saturated heterocycles. The molecule has 1 aliphatic heterocycles. The third kappa shape index (κ3) is 3.60. The lowest BCUT2D eigenvalue weighted by molar-refractivity contribution is -0.121. The largest absolute Gasteiger partial charge is 0.502 e. The van der Waals surface area contributed by atoms with Gasteiger partial charge in [0.05, 0.1) is 23.4 Å². The number of carbonyl (C=O) groups is 3. The van der Waals surface area contributed by atoms with Crippen LogP contribution < -0.4 is 4.90 Å². The minimum Gasteiger partial charge on any atom is -0.502 e. The van der Waals surface area contributed by atoms with Crippen molar-refractivity contribution < 1.29 is 24.2 Å². The van der Waals surface area contributed by atoms with Gasteiger partial charge < -0.3 is 9.84 Å². The van der Waals surface area contributed by atoms with Crippen molar-refractivity contribution in [1.82, 2.24) is 0 Å². The van der Waals surface area contributed by atoms with Gasteiger partial charge in [-0.2, -0.15) is 0 Å². The molecular weight excluding hydrogens is 346 g/mol. The summed E-state index contributed by atoms with van der Waals surface area (Å²) in [6.07, 6.45) is 1.66. The van der Waals surface area contributed by atoms with Gasteiger partial charge >= 0.3 is 11.9 Å². The van der Waals surface area contributed by atoms with Crippen LogP contribution in [0.1, 0.15) is 35.7 Å². The molecule has 1 aliphatic rings. The first kappa shape index (κ1) is 18.4. The highest BCUT2D eigenvalue weighted by molar-refractivity contribution is 6.44. The minimum atomic E-state index is -0.824. The molecule has 0 spiro atoms. The maximum absolute atomic E-state index is 12.8. The van der Waals surface area contributed by atoms with Gasteiger partial charge in [0, 0.05) is 0 Å². The number of esters is 1. The van der Waals surface area contributed by atoms with Crippen LogP contribution in [-0.2, 0) is 14.3 Å². The quantitative estimate of drug-likeness (QED) is 0.481. The van der Waals surface area contributed by atoms with Crippen molar-refractivity contribution in [3.05, 3.63) is 71.5 Å². The van der Waals surface area contributed by atoms with E-state index in [2.05, 4.69) is 0 Å². The number of unbranched alkanes of at least 4 members (excludes halogenated alkanes) is 1. The highest BCUT2D eigenvalue weighted by atomic mass is 16.5. The summed E-state index contributed by atoms with van der Waals surface area (Å²) >= 11 is 0. The highest BCUT2D eigenvalue weighted by Gasteiger charge is 2.40. The Bertz CT molecular complexity index is 917. The number of carbonyl (C=O) groups excluding carboxylic acids is 3. The second kappa shape index (κ2) is 7.86. The highest BCUT2D eigenvalue weighted by Crippen LogP contribution is 2.32. The van der Waals surface area contributed by atoms with Crippen molar-refractivity contribution in [2.24, 2.45) is 0 Å². The zero-order chi connectivity index (χ0) is 19.4. The number of aliphatic hydroxyl groups excluding tert-OH is 1. The first-order valence-corrected chi connectivity index (χ1v) is 8.69. The Morgan fingerprint density at radius 3 is 2.48 bits per heavy atom. The number of anilines is 1. The molecule has 0 fully saturated rings. The molecule has 6 nitrogen and oxygen atoms in total. The number of aliphatic hydroxyl groups is 1. The van der Waals surface area contributed by atoms with Gasteiger partial charge in [0.1, 0.15) is 0 Å². The van der Waals surface area contributed by atoms with Gasteiger partial charge in [-0.25, -0.2) is 9.69 Å². The Morgan fingerprint density at radius 1 is 1.04 bits per heavy atom. The number of rotatable bonds is 6. The summed E-state index contributed by atoms with van der Waals surface area (Å²) < 4.78 is 5.16. The van der Waals surface area contributed by atoms with E-state index in [0.29, 0.717) is 12.2 Å². The van der Waals surface area contributed by atoms with Crippen molar-refractivity contribution in [3.8, 4) is 0 Å². The monoisotopic (exact) mass is 365 g/mol. The molecule has 2 aromatic carbocycles. The summed E-state index contributed by atoms with van der Waals surface area (Å²) in [6.45, 7) is 2.30. The maximum Gasteiger partial charge on any atom is 0.338 e. The van der Waals surface area contributed by atoms with Crippen LogP contribution in [0.25, 0.3) is 5.57 Å². The molecule has 1 N–H and O–H groups in total. The lowest BCUT2D eigenvalue weighted by Gasteiger charge is -2.15. The lowest BCUT2D eigenvalue weighted by Crippen LogP contribution is -2.31. The molecule has 0 aliphatic carbocycles. The Kier molecular flexibility index (Phi) is 5.35. The van der Waals surface area contributed by atoms with Crippen LogP contribution >= 0.6 is 0 Å². The normalized spacial score (nSPS) is 14.0. The first-order valence-electron chi connectivity index (χ1n) is 8.69. The van der Waals surface area contributed by atoms with E-state index in [1.165, 1.54) is 12.1 Å². The standard InChI is InChI=1S/C21H19NO5/c1-2-3-12-27-21(26)15-10-7-11-16(13-15)22-19(24)17(18(23)20(22)25)14-8-5-4-6-9-14/h4-11,13,23H,2-3,12H2,1H3. The summed E-state index contributed by atoms with van der Waals surface area (Å²) in [5, 5.41) is 10.2. The van der Waals surface area contributed by atoms with Gasteiger partial charge in [-0.05, 0) is 30.2 Å². The number of hydrogen-bond acceptors (Lipinski definition) is 5. The zero-order valence-corrected chi connectivity index (χ0v) is 14.8. The molecule has 0 bridgehead atoms. The summed E-state index contributed by atoms with van der Waals surface area (Å²) in [7, 11) is 0. The predicted octanol–water partition coefficient (Wildman–Crippen LogP) is 3.49. The summed E-state index contributed by atoms with van der Waals surface area (Å²) in [6, 6.07) is 14.5. The van der Waals surface area contributed by atoms with Crippen LogP contribution in [0.15, 0.2) is 60.4 Å². The van der Waals surface area contributed by atoms with Gasteiger partial charge in [0.25, 0.3) is 5.91 Å². The van der Waals surface area contributed by atoms with E-state index in [1.807, 2.05) is 6.92 Å². The van der Waals surface area contributed by atoms with Gasteiger partial charge in [0.15, 0.2) is 5.76 Å². The second-order valence-electron chi connectivity index (χ2n) is 6.08. The average molecular weight is 365 g/mol. The fourth-order valence-electron chi connectivity index (χ4n) is 2.78. The number of imide groups is 1. The van der Waals surface area contributed by atoms with E-state index in [0.717, 1.165) is 17.7 Å². The number of ether oxygens (including phenoxy) is 1. The van der Waals surface area contributed by atoms with Crippen molar-refractivity contribution in [2.75, 3.05) is 11.5 Å². The molecule has 138 valence electrons. The molecule has 27 heavy (non-hydrogen) atoms. The van der Waals surface area contributed by atoms with Crippen LogP contribution in [0.3, 0.4) is 0 Å². The van der Waals surface area contributed by atoms with E-state index in [-0.39, 0.29) is 16.8 Å². The fourth-order valence-corrected chi connectivity index (χ4v) is 2.78. The smallest absolute Gasteiger partial charge is 0.338 e. The predicted molar refractivity (Wildman–Crippen MR) is 100 cm³/mol. The molecule has 1 heterocycles.